The second-order valence-electron chi connectivity index (χ2n) is 12.9. The summed E-state index contributed by atoms with van der Waals surface area (Å²) in [7, 11) is 0. The number of ether oxygens (including phenoxy) is 2. The lowest BCUT2D eigenvalue weighted by atomic mass is 9.96. The number of anilines is 1. The van der Waals surface area contributed by atoms with Gasteiger partial charge in [-0.15, -0.1) is 0 Å². The fourth-order valence-electron chi connectivity index (χ4n) is 5.75. The molecule has 1 aliphatic rings. The number of aliphatic hydroxyl groups excluding tert-OH is 6. The standard InChI is InChI=1S/C39H47N3O9/c1-27-32(20-51-33-12-7-29(8-13-33)19-41-39(24-46,25-47)26-48)3-2-4-34(27)31-11-14-35-36(17-31)50-16-15-42(35)37(49)30-9-5-28(6-10-30)18-40-38(21-43,22-44)23-45/h2-14,17,40-41,43-48H,15-16,18-26H2,1H3. The van der Waals surface area contributed by atoms with Crippen LogP contribution in [0.25, 0.3) is 11.1 Å². The van der Waals surface area contributed by atoms with Gasteiger partial charge in [-0.05, 0) is 76.7 Å². The second-order valence-corrected chi connectivity index (χ2v) is 12.9. The van der Waals surface area contributed by atoms with Crippen LogP contribution in [-0.2, 0) is 19.7 Å². The van der Waals surface area contributed by atoms with Crippen LogP contribution in [0, 0.1) is 6.92 Å². The van der Waals surface area contributed by atoms with Gasteiger partial charge in [0.1, 0.15) is 24.7 Å². The van der Waals surface area contributed by atoms with E-state index in [2.05, 4.69) is 10.6 Å². The molecular weight excluding hydrogens is 654 g/mol. The predicted molar refractivity (Wildman–Crippen MR) is 193 cm³/mol. The van der Waals surface area contributed by atoms with E-state index in [0.717, 1.165) is 33.4 Å². The molecule has 0 aliphatic carbocycles. The Morgan fingerprint density at radius 3 is 1.90 bits per heavy atom. The molecule has 0 radical (unpaired) electrons. The van der Waals surface area contributed by atoms with Crippen LogP contribution >= 0.6 is 0 Å². The van der Waals surface area contributed by atoms with Crippen molar-refractivity contribution in [1.82, 2.24) is 10.6 Å². The highest BCUT2D eigenvalue weighted by Gasteiger charge is 2.29. The zero-order valence-corrected chi connectivity index (χ0v) is 28.7. The number of carbonyl (C=O) groups excluding carboxylic acids is 1. The lowest BCUT2D eigenvalue weighted by molar-refractivity contribution is 0.0411. The van der Waals surface area contributed by atoms with Gasteiger partial charge in [0.2, 0.25) is 0 Å². The smallest absolute Gasteiger partial charge is 0.258 e. The fraction of sp³-hybridized carbons (Fsp3) is 0.359. The van der Waals surface area contributed by atoms with E-state index in [1.807, 2.05) is 67.6 Å². The van der Waals surface area contributed by atoms with Crippen LogP contribution in [0.4, 0.5) is 5.69 Å². The molecule has 8 N–H and O–H groups in total. The van der Waals surface area contributed by atoms with Crippen molar-refractivity contribution in [3.05, 3.63) is 113 Å². The van der Waals surface area contributed by atoms with Gasteiger partial charge in [0.15, 0.2) is 0 Å². The molecule has 4 aromatic carbocycles. The zero-order valence-electron chi connectivity index (χ0n) is 28.7. The van der Waals surface area contributed by atoms with Gasteiger partial charge < -0.3 is 55.6 Å². The van der Waals surface area contributed by atoms with Gasteiger partial charge in [-0.3, -0.25) is 4.79 Å². The SMILES string of the molecule is Cc1c(COc2ccc(CNC(CO)(CO)CO)cc2)cccc1-c1ccc2c(c1)OCCN2C(=O)c1ccc(CNC(CO)(CO)CO)cc1. The Balaban J connectivity index is 1.23. The van der Waals surface area contributed by atoms with Gasteiger partial charge in [-0.1, -0.05) is 48.5 Å². The Kier molecular flexibility index (Phi) is 12.8. The van der Waals surface area contributed by atoms with E-state index < -0.39 is 30.9 Å². The summed E-state index contributed by atoms with van der Waals surface area (Å²) >= 11 is 0. The first-order valence-corrected chi connectivity index (χ1v) is 16.9. The van der Waals surface area contributed by atoms with Crippen molar-refractivity contribution in [2.45, 2.75) is 37.7 Å². The normalized spacial score (nSPS) is 13.1. The van der Waals surface area contributed by atoms with Gasteiger partial charge in [0.05, 0.1) is 63.0 Å². The molecule has 0 unspecified atom stereocenters. The van der Waals surface area contributed by atoms with Gasteiger partial charge in [0, 0.05) is 18.7 Å². The van der Waals surface area contributed by atoms with Crippen LogP contribution in [-0.4, -0.2) is 100 Å². The Hall–Kier alpha value is -4.37. The van der Waals surface area contributed by atoms with Crippen LogP contribution in [0.3, 0.4) is 0 Å². The van der Waals surface area contributed by atoms with E-state index in [-0.39, 0.29) is 25.7 Å². The molecule has 0 saturated carbocycles. The molecule has 1 heterocycles. The minimum absolute atomic E-state index is 0.157. The number of rotatable bonds is 17. The summed E-state index contributed by atoms with van der Waals surface area (Å²) in [6, 6.07) is 26.5. The second kappa shape index (κ2) is 17.2. The number of carbonyl (C=O) groups is 1. The van der Waals surface area contributed by atoms with E-state index in [1.54, 1.807) is 29.2 Å². The minimum Gasteiger partial charge on any atom is -0.490 e. The van der Waals surface area contributed by atoms with E-state index in [4.69, 9.17) is 9.47 Å². The average molecular weight is 702 g/mol. The van der Waals surface area contributed by atoms with E-state index in [1.165, 1.54) is 0 Å². The highest BCUT2D eigenvalue weighted by molar-refractivity contribution is 6.07. The maximum atomic E-state index is 13.6. The van der Waals surface area contributed by atoms with Crippen molar-refractivity contribution in [3.8, 4) is 22.6 Å². The van der Waals surface area contributed by atoms with E-state index in [0.29, 0.717) is 55.6 Å². The quantitative estimate of drug-likeness (QED) is 0.0805. The zero-order chi connectivity index (χ0) is 36.4. The van der Waals surface area contributed by atoms with Crippen molar-refractivity contribution in [2.24, 2.45) is 0 Å². The molecule has 0 fully saturated rings. The van der Waals surface area contributed by atoms with Crippen LogP contribution in [0.1, 0.15) is 32.6 Å². The molecule has 1 aliphatic heterocycles. The summed E-state index contributed by atoms with van der Waals surface area (Å²) in [5.74, 6) is 1.15. The molecule has 0 saturated heterocycles. The Bertz CT molecular complexity index is 1720. The maximum Gasteiger partial charge on any atom is 0.258 e. The molecule has 0 bridgehead atoms. The van der Waals surface area contributed by atoms with Gasteiger partial charge in [-0.2, -0.15) is 0 Å². The molecule has 0 atom stereocenters. The molecule has 12 heteroatoms. The predicted octanol–water partition coefficient (Wildman–Crippen LogP) is 1.89. The summed E-state index contributed by atoms with van der Waals surface area (Å²) < 4.78 is 12.1. The average Bonchev–Trinajstić information content (AvgIpc) is 3.19. The van der Waals surface area contributed by atoms with Crippen LogP contribution in [0.15, 0.2) is 84.9 Å². The van der Waals surface area contributed by atoms with Crippen LogP contribution in [0.2, 0.25) is 0 Å². The van der Waals surface area contributed by atoms with Crippen molar-refractivity contribution in [1.29, 1.82) is 0 Å². The Morgan fingerprint density at radius 2 is 1.33 bits per heavy atom. The fourth-order valence-corrected chi connectivity index (χ4v) is 5.75. The third-order valence-corrected chi connectivity index (χ3v) is 9.49. The number of aliphatic hydroxyl groups is 6. The van der Waals surface area contributed by atoms with Crippen molar-refractivity contribution in [2.75, 3.05) is 57.7 Å². The van der Waals surface area contributed by atoms with Crippen molar-refractivity contribution >= 4 is 11.6 Å². The minimum atomic E-state index is -1.19. The van der Waals surface area contributed by atoms with Gasteiger partial charge in [-0.25, -0.2) is 0 Å². The number of amides is 1. The lowest BCUT2D eigenvalue weighted by Crippen LogP contribution is -2.54. The summed E-state index contributed by atoms with van der Waals surface area (Å²) in [6.07, 6.45) is 0. The van der Waals surface area contributed by atoms with Gasteiger partial charge in [0.25, 0.3) is 5.91 Å². The molecule has 0 spiro atoms. The first-order chi connectivity index (χ1) is 24.7. The first-order valence-electron chi connectivity index (χ1n) is 16.9. The van der Waals surface area contributed by atoms with E-state index in [9.17, 15) is 35.4 Å². The third-order valence-electron chi connectivity index (χ3n) is 9.49. The molecule has 272 valence electrons. The molecule has 4 aromatic rings. The van der Waals surface area contributed by atoms with Gasteiger partial charge >= 0.3 is 0 Å². The summed E-state index contributed by atoms with van der Waals surface area (Å²) in [4.78, 5) is 15.3. The molecule has 1 amide bonds. The number of hydrogen-bond acceptors (Lipinski definition) is 11. The highest BCUT2D eigenvalue weighted by Crippen LogP contribution is 2.38. The van der Waals surface area contributed by atoms with Crippen molar-refractivity contribution < 1.29 is 44.9 Å². The third kappa shape index (κ3) is 8.75. The number of benzene rings is 4. The molecule has 12 nitrogen and oxygen atoms in total. The highest BCUT2D eigenvalue weighted by atomic mass is 16.5. The number of fused-ring (bicyclic) bond motifs is 1. The molecule has 5 rings (SSSR count). The first kappa shape index (κ1) is 37.9. The molecule has 51 heavy (non-hydrogen) atoms. The van der Waals surface area contributed by atoms with E-state index >= 15 is 0 Å². The Labute approximate surface area is 297 Å². The summed E-state index contributed by atoms with van der Waals surface area (Å²) in [5.41, 5.74) is 4.63. The summed E-state index contributed by atoms with van der Waals surface area (Å²) in [5, 5.41) is 63.2. The summed E-state index contributed by atoms with van der Waals surface area (Å²) in [6.45, 7) is 1.38. The Morgan fingerprint density at radius 1 is 0.765 bits per heavy atom. The topological polar surface area (TPSA) is 184 Å². The van der Waals surface area contributed by atoms with Crippen LogP contribution in [0.5, 0.6) is 11.5 Å². The van der Waals surface area contributed by atoms with Crippen LogP contribution < -0.4 is 25.0 Å². The number of nitrogens with one attached hydrogen (secondary N) is 2. The largest absolute Gasteiger partial charge is 0.490 e. The number of hydrogen-bond donors (Lipinski definition) is 8. The molecule has 0 aromatic heterocycles. The maximum absolute atomic E-state index is 13.6. The lowest BCUT2D eigenvalue weighted by Gasteiger charge is -2.30. The number of nitrogens with zero attached hydrogens (tertiary/aromatic N) is 1. The van der Waals surface area contributed by atoms with Crippen molar-refractivity contribution in [3.63, 3.8) is 0 Å². The monoisotopic (exact) mass is 701 g/mol. The molecular formula is C39H47N3O9.